The number of hydrogen-bond donors (Lipinski definition) is 2. The smallest absolute Gasteiger partial charge is 0.335 e. The molecule has 1 amide bonds. The van der Waals surface area contributed by atoms with E-state index < -0.39 is 11.6 Å². The zero-order valence-corrected chi connectivity index (χ0v) is 15.1. The van der Waals surface area contributed by atoms with Crippen molar-refractivity contribution in [3.8, 4) is 0 Å². The summed E-state index contributed by atoms with van der Waals surface area (Å²) < 4.78 is 5.63. The molecule has 3 rings (SSSR count). The molecule has 2 aromatic rings. The Bertz CT molecular complexity index is 817. The maximum absolute atomic E-state index is 12.1. The molecule has 1 heterocycles. The Kier molecular flexibility index (Phi) is 5.91. The lowest BCUT2D eigenvalue weighted by atomic mass is 9.83. The normalized spacial score (nSPS) is 19.1. The minimum absolute atomic E-state index is 0.00336. The van der Waals surface area contributed by atoms with Crippen LogP contribution in [-0.4, -0.2) is 17.0 Å². The van der Waals surface area contributed by atoms with Crippen LogP contribution in [0.1, 0.15) is 36.8 Å². The number of nitrogens with one attached hydrogen (secondary N) is 1. The fourth-order valence-corrected chi connectivity index (χ4v) is 3.34. The third-order valence-electron chi connectivity index (χ3n) is 4.66. The van der Waals surface area contributed by atoms with E-state index in [9.17, 15) is 14.7 Å². The summed E-state index contributed by atoms with van der Waals surface area (Å²) >= 11 is 0. The predicted octanol–water partition coefficient (Wildman–Crippen LogP) is 3.76. The van der Waals surface area contributed by atoms with Crippen molar-refractivity contribution in [3.63, 3.8) is 0 Å². The molecular weight excluding hydrogens is 342 g/mol. The van der Waals surface area contributed by atoms with E-state index in [0.717, 1.165) is 17.2 Å². The summed E-state index contributed by atoms with van der Waals surface area (Å²) in [5.74, 6) is -0.608. The number of cyclic esters (lactones) is 1. The van der Waals surface area contributed by atoms with Crippen LogP contribution in [0.3, 0.4) is 0 Å². The van der Waals surface area contributed by atoms with Crippen molar-refractivity contribution in [2.75, 3.05) is 0 Å². The number of aliphatic hydroxyl groups is 1. The quantitative estimate of drug-likeness (QED) is 0.733. The van der Waals surface area contributed by atoms with Gasteiger partial charge in [-0.3, -0.25) is 4.79 Å². The Hall–Kier alpha value is -3.08. The molecule has 2 N–H and O–H groups in total. The van der Waals surface area contributed by atoms with Gasteiger partial charge < -0.3 is 15.2 Å². The molecule has 0 fully saturated rings. The fourth-order valence-electron chi connectivity index (χ4n) is 3.34. The third-order valence-corrected chi connectivity index (χ3v) is 4.66. The van der Waals surface area contributed by atoms with Crippen molar-refractivity contribution < 1.29 is 19.4 Å². The Morgan fingerprint density at radius 1 is 1.07 bits per heavy atom. The molecule has 1 aliphatic heterocycles. The highest BCUT2D eigenvalue weighted by Crippen LogP contribution is 2.39. The highest BCUT2D eigenvalue weighted by Gasteiger charge is 2.39. The third kappa shape index (κ3) is 4.97. The largest absolute Gasteiger partial charge is 0.512 e. The zero-order chi connectivity index (χ0) is 19.1. The van der Waals surface area contributed by atoms with Gasteiger partial charge in [0.05, 0.1) is 6.08 Å². The van der Waals surface area contributed by atoms with Gasteiger partial charge in [0.1, 0.15) is 11.4 Å². The Morgan fingerprint density at radius 2 is 1.74 bits per heavy atom. The number of ether oxygens (including phenoxy) is 1. The standard InChI is InChI=1S/C22H23NO4/c24-19-14-21(26)27-22(15-19,18-10-5-2-6-11-18)13-7-12-20(25)23-16-17-8-3-1-4-9-17/h1-6,8-11,14,24H,7,12-13,15-16H2,(H,23,25). The summed E-state index contributed by atoms with van der Waals surface area (Å²) in [4.78, 5) is 24.0. The van der Waals surface area contributed by atoms with Gasteiger partial charge in [-0.25, -0.2) is 4.79 Å². The molecule has 0 radical (unpaired) electrons. The lowest BCUT2D eigenvalue weighted by molar-refractivity contribution is -0.159. The molecule has 1 aliphatic rings. The van der Waals surface area contributed by atoms with Gasteiger partial charge in [0, 0.05) is 19.4 Å². The van der Waals surface area contributed by atoms with Crippen molar-refractivity contribution >= 4 is 11.9 Å². The molecule has 2 aromatic carbocycles. The van der Waals surface area contributed by atoms with Crippen LogP contribution in [0, 0.1) is 0 Å². The van der Waals surface area contributed by atoms with Crippen LogP contribution in [0.2, 0.25) is 0 Å². The van der Waals surface area contributed by atoms with Gasteiger partial charge in [0.15, 0.2) is 0 Å². The van der Waals surface area contributed by atoms with Gasteiger partial charge in [0.2, 0.25) is 5.91 Å². The number of esters is 1. The topological polar surface area (TPSA) is 75.6 Å². The van der Waals surface area contributed by atoms with Crippen LogP contribution < -0.4 is 5.32 Å². The van der Waals surface area contributed by atoms with Crippen molar-refractivity contribution in [1.82, 2.24) is 5.32 Å². The van der Waals surface area contributed by atoms with Crippen LogP contribution >= 0.6 is 0 Å². The van der Waals surface area contributed by atoms with Crippen LogP contribution in [0.4, 0.5) is 0 Å². The molecule has 0 aromatic heterocycles. The lowest BCUT2D eigenvalue weighted by Gasteiger charge is -2.36. The first-order valence-electron chi connectivity index (χ1n) is 9.06. The highest BCUT2D eigenvalue weighted by atomic mass is 16.6. The number of amides is 1. The first kappa shape index (κ1) is 18.7. The van der Waals surface area contributed by atoms with E-state index in [2.05, 4.69) is 5.32 Å². The average Bonchev–Trinajstić information content (AvgIpc) is 2.67. The molecule has 0 saturated heterocycles. The van der Waals surface area contributed by atoms with E-state index in [-0.39, 0.29) is 18.1 Å². The van der Waals surface area contributed by atoms with E-state index in [1.165, 1.54) is 0 Å². The van der Waals surface area contributed by atoms with Crippen LogP contribution in [0.5, 0.6) is 0 Å². The van der Waals surface area contributed by atoms with Gasteiger partial charge in [-0.15, -0.1) is 0 Å². The van der Waals surface area contributed by atoms with Gasteiger partial charge in [0.25, 0.3) is 0 Å². The number of carbonyl (C=O) groups excluding carboxylic acids is 2. The van der Waals surface area contributed by atoms with Crippen LogP contribution in [-0.2, 0) is 26.5 Å². The molecule has 5 heteroatoms. The molecule has 27 heavy (non-hydrogen) atoms. The van der Waals surface area contributed by atoms with Crippen molar-refractivity contribution in [3.05, 3.63) is 83.6 Å². The number of benzene rings is 2. The Labute approximate surface area is 158 Å². The van der Waals surface area contributed by atoms with Gasteiger partial charge >= 0.3 is 5.97 Å². The van der Waals surface area contributed by atoms with Crippen molar-refractivity contribution in [2.45, 2.75) is 37.8 Å². The van der Waals surface area contributed by atoms with E-state index in [0.29, 0.717) is 25.8 Å². The van der Waals surface area contributed by atoms with E-state index in [1.807, 2.05) is 60.7 Å². The highest BCUT2D eigenvalue weighted by molar-refractivity contribution is 5.84. The van der Waals surface area contributed by atoms with Crippen LogP contribution in [0.15, 0.2) is 72.5 Å². The minimum Gasteiger partial charge on any atom is -0.512 e. The summed E-state index contributed by atoms with van der Waals surface area (Å²) in [5.41, 5.74) is 0.933. The summed E-state index contributed by atoms with van der Waals surface area (Å²) in [5, 5.41) is 12.9. The van der Waals surface area contributed by atoms with Crippen molar-refractivity contribution in [2.24, 2.45) is 0 Å². The number of hydrogen-bond acceptors (Lipinski definition) is 4. The summed E-state index contributed by atoms with van der Waals surface area (Å²) in [6.07, 6.45) is 2.64. The molecule has 0 bridgehead atoms. The number of rotatable bonds is 7. The minimum atomic E-state index is -0.934. The first-order valence-corrected chi connectivity index (χ1v) is 9.06. The number of carbonyl (C=O) groups is 2. The van der Waals surface area contributed by atoms with Gasteiger partial charge in [-0.05, 0) is 24.0 Å². The van der Waals surface area contributed by atoms with Crippen molar-refractivity contribution in [1.29, 1.82) is 0 Å². The SMILES string of the molecule is O=C(CCCC1(c2ccccc2)CC(O)=CC(=O)O1)NCc1ccccc1. The Morgan fingerprint density at radius 3 is 2.41 bits per heavy atom. The molecule has 0 spiro atoms. The van der Waals surface area contributed by atoms with Crippen LogP contribution in [0.25, 0.3) is 0 Å². The summed E-state index contributed by atoms with van der Waals surface area (Å²) in [6.45, 7) is 0.488. The second kappa shape index (κ2) is 8.54. The second-order valence-electron chi connectivity index (χ2n) is 6.71. The molecule has 140 valence electrons. The van der Waals surface area contributed by atoms with E-state index >= 15 is 0 Å². The number of aliphatic hydroxyl groups excluding tert-OH is 1. The van der Waals surface area contributed by atoms with Gasteiger partial charge in [-0.1, -0.05) is 60.7 Å². The molecule has 5 nitrogen and oxygen atoms in total. The van der Waals surface area contributed by atoms with Gasteiger partial charge in [-0.2, -0.15) is 0 Å². The Balaban J connectivity index is 1.60. The lowest BCUT2D eigenvalue weighted by Crippen LogP contribution is -2.36. The fraction of sp³-hybridized carbons (Fsp3) is 0.273. The molecule has 1 atom stereocenters. The second-order valence-corrected chi connectivity index (χ2v) is 6.71. The molecule has 0 saturated carbocycles. The summed E-state index contributed by atoms with van der Waals surface area (Å²) in [6, 6.07) is 19.1. The maximum Gasteiger partial charge on any atom is 0.335 e. The zero-order valence-electron chi connectivity index (χ0n) is 15.1. The molecule has 1 unspecified atom stereocenters. The average molecular weight is 365 g/mol. The van der Waals surface area contributed by atoms with E-state index in [1.54, 1.807) is 0 Å². The molecule has 0 aliphatic carbocycles. The summed E-state index contributed by atoms with van der Waals surface area (Å²) in [7, 11) is 0. The monoisotopic (exact) mass is 365 g/mol. The predicted molar refractivity (Wildman–Crippen MR) is 102 cm³/mol. The first-order chi connectivity index (χ1) is 13.1. The van der Waals surface area contributed by atoms with E-state index in [4.69, 9.17) is 4.74 Å². The maximum atomic E-state index is 12.1. The molecular formula is C22H23NO4.